The van der Waals surface area contributed by atoms with E-state index in [1.54, 1.807) is 0 Å². The third-order valence-electron chi connectivity index (χ3n) is 2.28. The maximum atomic E-state index is 3.63. The number of hydrogen-bond donors (Lipinski definition) is 1. The first-order chi connectivity index (χ1) is 4.41. The SMILES string of the molecule is CC1(C)CCCC(C)(C)N1.[NaH]. The van der Waals surface area contributed by atoms with Crippen molar-refractivity contribution in [2.75, 3.05) is 0 Å². The van der Waals surface area contributed by atoms with E-state index in [0.29, 0.717) is 11.1 Å². The van der Waals surface area contributed by atoms with Crippen molar-refractivity contribution < 1.29 is 0 Å². The first-order valence-corrected chi connectivity index (χ1v) is 4.21. The molecule has 2 heteroatoms. The molecule has 1 aliphatic heterocycles. The van der Waals surface area contributed by atoms with E-state index in [-0.39, 0.29) is 29.6 Å². The Morgan fingerprint density at radius 1 is 0.909 bits per heavy atom. The minimum absolute atomic E-state index is 0. The minimum atomic E-state index is 0. The Morgan fingerprint density at radius 2 is 1.27 bits per heavy atom. The Morgan fingerprint density at radius 3 is 1.45 bits per heavy atom. The van der Waals surface area contributed by atoms with E-state index in [2.05, 4.69) is 33.0 Å². The summed E-state index contributed by atoms with van der Waals surface area (Å²) in [5.41, 5.74) is 0.726. The standard InChI is InChI=1S/C9H19N.Na.H/c1-8(2)6-5-7-9(3,4)10-8;;/h10H,5-7H2,1-4H3;;. The molecule has 1 rings (SSSR count). The Balaban J connectivity index is 0.000001000. The van der Waals surface area contributed by atoms with Gasteiger partial charge in [-0.25, -0.2) is 0 Å². The first kappa shape index (κ1) is 12.0. The fraction of sp³-hybridized carbons (Fsp3) is 1.00. The molecule has 0 aliphatic carbocycles. The van der Waals surface area contributed by atoms with E-state index in [4.69, 9.17) is 0 Å². The van der Waals surface area contributed by atoms with Crippen LogP contribution in [0.25, 0.3) is 0 Å². The molecule has 1 aliphatic rings. The average Bonchev–Trinajstić information content (AvgIpc) is 1.56. The molecule has 0 radical (unpaired) electrons. The molecule has 0 unspecified atom stereocenters. The predicted molar refractivity (Wildman–Crippen MR) is 52.3 cm³/mol. The molecule has 1 nitrogen and oxygen atoms in total. The van der Waals surface area contributed by atoms with Gasteiger partial charge >= 0.3 is 29.6 Å². The van der Waals surface area contributed by atoms with Crippen molar-refractivity contribution >= 4 is 29.6 Å². The summed E-state index contributed by atoms with van der Waals surface area (Å²) in [6.07, 6.45) is 4.00. The van der Waals surface area contributed by atoms with Crippen LogP contribution in [0.3, 0.4) is 0 Å². The molecule has 1 fully saturated rings. The first-order valence-electron chi connectivity index (χ1n) is 4.21. The second-order valence-corrected chi connectivity index (χ2v) is 4.75. The summed E-state index contributed by atoms with van der Waals surface area (Å²) in [7, 11) is 0. The van der Waals surface area contributed by atoms with Crippen molar-refractivity contribution in [3.8, 4) is 0 Å². The summed E-state index contributed by atoms with van der Waals surface area (Å²) in [6, 6.07) is 0. The van der Waals surface area contributed by atoms with Gasteiger partial charge in [-0.1, -0.05) is 0 Å². The molecule has 0 spiro atoms. The molecule has 62 valence electrons. The second-order valence-electron chi connectivity index (χ2n) is 4.75. The third kappa shape index (κ3) is 3.93. The molecule has 0 bridgehead atoms. The van der Waals surface area contributed by atoms with Gasteiger partial charge in [0.05, 0.1) is 0 Å². The Kier molecular flexibility index (Phi) is 4.11. The molecule has 0 aromatic carbocycles. The molecule has 0 amide bonds. The van der Waals surface area contributed by atoms with Crippen LogP contribution >= 0.6 is 0 Å². The summed E-state index contributed by atoms with van der Waals surface area (Å²) in [4.78, 5) is 0. The Bertz CT molecular complexity index is 116. The molecule has 1 heterocycles. The molecule has 0 atom stereocenters. The quantitative estimate of drug-likeness (QED) is 0.538. The van der Waals surface area contributed by atoms with Crippen LogP contribution in [0, 0.1) is 0 Å². The van der Waals surface area contributed by atoms with E-state index < -0.39 is 0 Å². The Labute approximate surface area is 92.6 Å². The predicted octanol–water partition coefficient (Wildman–Crippen LogP) is 1.67. The Hall–Kier alpha value is 0.960. The van der Waals surface area contributed by atoms with Gasteiger partial charge in [0.2, 0.25) is 0 Å². The van der Waals surface area contributed by atoms with Gasteiger partial charge in [-0.3, -0.25) is 0 Å². The van der Waals surface area contributed by atoms with Gasteiger partial charge in [0.25, 0.3) is 0 Å². The van der Waals surface area contributed by atoms with Crippen molar-refractivity contribution in [1.82, 2.24) is 5.32 Å². The van der Waals surface area contributed by atoms with Gasteiger partial charge in [0.1, 0.15) is 0 Å². The van der Waals surface area contributed by atoms with Crippen molar-refractivity contribution in [3.63, 3.8) is 0 Å². The summed E-state index contributed by atoms with van der Waals surface area (Å²) < 4.78 is 0. The monoisotopic (exact) mass is 165 g/mol. The van der Waals surface area contributed by atoms with E-state index in [1.165, 1.54) is 19.3 Å². The molecular formula is C9H20NNa. The van der Waals surface area contributed by atoms with Crippen LogP contribution in [-0.2, 0) is 0 Å². The zero-order chi connectivity index (χ0) is 7.83. The van der Waals surface area contributed by atoms with Crippen molar-refractivity contribution in [1.29, 1.82) is 0 Å². The second kappa shape index (κ2) is 3.78. The zero-order valence-electron chi connectivity index (χ0n) is 7.62. The van der Waals surface area contributed by atoms with Crippen LogP contribution in [-0.4, -0.2) is 40.6 Å². The van der Waals surface area contributed by atoms with E-state index in [0.717, 1.165) is 0 Å². The van der Waals surface area contributed by atoms with E-state index >= 15 is 0 Å². The average molecular weight is 165 g/mol. The van der Waals surface area contributed by atoms with Gasteiger partial charge in [-0.05, 0) is 47.0 Å². The summed E-state index contributed by atoms with van der Waals surface area (Å²) in [5.74, 6) is 0. The normalized spacial score (nSPS) is 27.3. The zero-order valence-corrected chi connectivity index (χ0v) is 7.62. The topological polar surface area (TPSA) is 12.0 Å². The summed E-state index contributed by atoms with van der Waals surface area (Å²) in [5, 5.41) is 3.63. The molecule has 1 saturated heterocycles. The fourth-order valence-corrected chi connectivity index (χ4v) is 2.01. The summed E-state index contributed by atoms with van der Waals surface area (Å²) in [6.45, 7) is 9.14. The fourth-order valence-electron chi connectivity index (χ4n) is 2.01. The van der Waals surface area contributed by atoms with Gasteiger partial charge in [0, 0.05) is 11.1 Å². The van der Waals surface area contributed by atoms with Crippen LogP contribution in [0.1, 0.15) is 47.0 Å². The van der Waals surface area contributed by atoms with Gasteiger partial charge in [-0.15, -0.1) is 0 Å². The van der Waals surface area contributed by atoms with Gasteiger partial charge < -0.3 is 5.32 Å². The van der Waals surface area contributed by atoms with Crippen molar-refractivity contribution in [2.24, 2.45) is 0 Å². The van der Waals surface area contributed by atoms with Gasteiger partial charge in [-0.2, -0.15) is 0 Å². The maximum absolute atomic E-state index is 3.63. The number of piperidine rings is 1. The van der Waals surface area contributed by atoms with E-state index in [9.17, 15) is 0 Å². The van der Waals surface area contributed by atoms with Crippen LogP contribution in [0.2, 0.25) is 0 Å². The third-order valence-corrected chi connectivity index (χ3v) is 2.28. The molecule has 1 N–H and O–H groups in total. The number of nitrogens with one attached hydrogen (secondary N) is 1. The molecule has 0 aromatic heterocycles. The van der Waals surface area contributed by atoms with Crippen molar-refractivity contribution in [3.05, 3.63) is 0 Å². The van der Waals surface area contributed by atoms with Crippen LogP contribution in [0.15, 0.2) is 0 Å². The molecule has 11 heavy (non-hydrogen) atoms. The van der Waals surface area contributed by atoms with E-state index in [1.807, 2.05) is 0 Å². The van der Waals surface area contributed by atoms with Crippen LogP contribution in [0.4, 0.5) is 0 Å². The van der Waals surface area contributed by atoms with Crippen LogP contribution < -0.4 is 5.32 Å². The number of hydrogen-bond acceptors (Lipinski definition) is 1. The van der Waals surface area contributed by atoms with Crippen molar-refractivity contribution in [2.45, 2.75) is 58.0 Å². The molecular weight excluding hydrogens is 145 g/mol. The molecule has 0 aromatic rings. The van der Waals surface area contributed by atoms with Crippen LogP contribution in [0.5, 0.6) is 0 Å². The van der Waals surface area contributed by atoms with Gasteiger partial charge in [0.15, 0.2) is 0 Å². The molecule has 0 saturated carbocycles. The summed E-state index contributed by atoms with van der Waals surface area (Å²) >= 11 is 0. The number of rotatable bonds is 0.